The Labute approximate surface area is 119 Å². The van der Waals surface area contributed by atoms with E-state index in [1.54, 1.807) is 12.4 Å². The molecule has 6 nitrogen and oxygen atoms in total. The minimum Gasteiger partial charge on any atom is -0.308 e. The summed E-state index contributed by atoms with van der Waals surface area (Å²) in [7, 11) is 0. The molecule has 0 aliphatic rings. The van der Waals surface area contributed by atoms with E-state index in [2.05, 4.69) is 25.4 Å². The van der Waals surface area contributed by atoms with Crippen molar-refractivity contribution in [3.63, 3.8) is 0 Å². The van der Waals surface area contributed by atoms with Crippen LogP contribution in [0.3, 0.4) is 0 Å². The van der Waals surface area contributed by atoms with Crippen molar-refractivity contribution in [1.29, 1.82) is 0 Å². The zero-order valence-electron chi connectivity index (χ0n) is 10.7. The van der Waals surface area contributed by atoms with Gasteiger partial charge in [-0.25, -0.2) is 25.8 Å². The minimum atomic E-state index is 0.582. The SMILES string of the molecule is Cc1nc(NN)cc(Sc2ncnc3ccccc23)n1. The second-order valence-electron chi connectivity index (χ2n) is 4.08. The van der Waals surface area contributed by atoms with E-state index in [1.165, 1.54) is 11.8 Å². The van der Waals surface area contributed by atoms with Gasteiger partial charge in [0.05, 0.1) is 5.52 Å². The summed E-state index contributed by atoms with van der Waals surface area (Å²) in [6.07, 6.45) is 1.56. The van der Waals surface area contributed by atoms with E-state index in [1.807, 2.05) is 31.2 Å². The second kappa shape index (κ2) is 5.40. The van der Waals surface area contributed by atoms with E-state index in [-0.39, 0.29) is 0 Å². The molecule has 0 unspecified atom stereocenters. The number of nitrogen functional groups attached to an aromatic ring is 1. The average Bonchev–Trinajstić information content (AvgIpc) is 2.47. The molecular formula is C13H12N6S. The molecule has 20 heavy (non-hydrogen) atoms. The lowest BCUT2D eigenvalue weighted by atomic mass is 10.2. The normalized spacial score (nSPS) is 10.7. The Morgan fingerprint density at radius 1 is 1.15 bits per heavy atom. The van der Waals surface area contributed by atoms with Crippen LogP contribution in [0, 0.1) is 6.92 Å². The third kappa shape index (κ3) is 2.54. The Morgan fingerprint density at radius 2 is 2.00 bits per heavy atom. The molecule has 0 atom stereocenters. The number of aromatic nitrogens is 4. The van der Waals surface area contributed by atoms with Gasteiger partial charge in [-0.1, -0.05) is 18.2 Å². The first kappa shape index (κ1) is 12.8. The first-order chi connectivity index (χ1) is 9.76. The highest BCUT2D eigenvalue weighted by Crippen LogP contribution is 2.30. The summed E-state index contributed by atoms with van der Waals surface area (Å²) in [6, 6.07) is 9.66. The van der Waals surface area contributed by atoms with Crippen LogP contribution in [-0.2, 0) is 0 Å². The Morgan fingerprint density at radius 3 is 2.85 bits per heavy atom. The number of nitrogens with zero attached hydrogens (tertiary/aromatic N) is 4. The number of rotatable bonds is 3. The van der Waals surface area contributed by atoms with Crippen LogP contribution in [0.5, 0.6) is 0 Å². The van der Waals surface area contributed by atoms with Gasteiger partial charge < -0.3 is 5.43 Å². The monoisotopic (exact) mass is 284 g/mol. The number of para-hydroxylation sites is 1. The molecule has 0 aliphatic carbocycles. The van der Waals surface area contributed by atoms with E-state index in [9.17, 15) is 0 Å². The fourth-order valence-electron chi connectivity index (χ4n) is 1.83. The topological polar surface area (TPSA) is 89.6 Å². The molecular weight excluding hydrogens is 272 g/mol. The smallest absolute Gasteiger partial charge is 0.144 e. The second-order valence-corrected chi connectivity index (χ2v) is 5.09. The summed E-state index contributed by atoms with van der Waals surface area (Å²) >= 11 is 1.46. The van der Waals surface area contributed by atoms with E-state index < -0.39 is 0 Å². The average molecular weight is 284 g/mol. The van der Waals surface area contributed by atoms with E-state index in [0.29, 0.717) is 11.6 Å². The van der Waals surface area contributed by atoms with Gasteiger partial charge in [0.2, 0.25) is 0 Å². The summed E-state index contributed by atoms with van der Waals surface area (Å²) in [5, 5.41) is 2.64. The molecule has 0 radical (unpaired) electrons. The lowest BCUT2D eigenvalue weighted by Gasteiger charge is -2.06. The maximum absolute atomic E-state index is 5.40. The van der Waals surface area contributed by atoms with Crippen LogP contribution in [0.15, 0.2) is 46.7 Å². The van der Waals surface area contributed by atoms with E-state index in [0.717, 1.165) is 21.0 Å². The number of hydrogen-bond donors (Lipinski definition) is 2. The molecule has 0 aliphatic heterocycles. The standard InChI is InChI=1S/C13H12N6S/c1-8-17-11(19-14)6-12(18-8)20-13-9-4-2-3-5-10(9)15-7-16-13/h2-7H,14H2,1H3,(H,17,18,19). The van der Waals surface area contributed by atoms with Crippen molar-refractivity contribution >= 4 is 28.5 Å². The molecule has 0 saturated heterocycles. The maximum Gasteiger partial charge on any atom is 0.144 e. The predicted molar refractivity (Wildman–Crippen MR) is 78.2 cm³/mol. The summed E-state index contributed by atoms with van der Waals surface area (Å²) < 4.78 is 0. The first-order valence-corrected chi connectivity index (χ1v) is 6.78. The van der Waals surface area contributed by atoms with Crippen LogP contribution in [0.2, 0.25) is 0 Å². The third-order valence-corrected chi connectivity index (χ3v) is 3.61. The minimum absolute atomic E-state index is 0.582. The first-order valence-electron chi connectivity index (χ1n) is 5.96. The largest absolute Gasteiger partial charge is 0.308 e. The van der Waals surface area contributed by atoms with Gasteiger partial charge >= 0.3 is 0 Å². The fourth-order valence-corrected chi connectivity index (χ4v) is 2.76. The van der Waals surface area contributed by atoms with Crippen molar-refractivity contribution in [3.8, 4) is 0 Å². The quantitative estimate of drug-likeness (QED) is 0.433. The Bertz CT molecular complexity index is 755. The highest BCUT2D eigenvalue weighted by Gasteiger charge is 2.08. The number of hydrazine groups is 1. The van der Waals surface area contributed by atoms with Gasteiger partial charge in [0.15, 0.2) is 0 Å². The number of fused-ring (bicyclic) bond motifs is 1. The van der Waals surface area contributed by atoms with Crippen LogP contribution in [0.25, 0.3) is 10.9 Å². The molecule has 0 bridgehead atoms. The molecule has 2 aromatic heterocycles. The van der Waals surface area contributed by atoms with Gasteiger partial charge in [-0.3, -0.25) is 0 Å². The summed E-state index contributed by atoms with van der Waals surface area (Å²) in [4.78, 5) is 17.1. The molecule has 7 heteroatoms. The van der Waals surface area contributed by atoms with Gasteiger partial charge in [-0.2, -0.15) is 0 Å². The molecule has 0 amide bonds. The fraction of sp³-hybridized carbons (Fsp3) is 0.0769. The highest BCUT2D eigenvalue weighted by molar-refractivity contribution is 7.99. The van der Waals surface area contributed by atoms with Gasteiger partial charge in [-0.05, 0) is 24.8 Å². The van der Waals surface area contributed by atoms with Crippen LogP contribution >= 0.6 is 11.8 Å². The van der Waals surface area contributed by atoms with Gasteiger partial charge in [0.25, 0.3) is 0 Å². The lowest BCUT2D eigenvalue weighted by molar-refractivity contribution is 0.961. The zero-order valence-corrected chi connectivity index (χ0v) is 11.6. The highest BCUT2D eigenvalue weighted by atomic mass is 32.2. The van der Waals surface area contributed by atoms with Crippen molar-refractivity contribution in [2.75, 3.05) is 5.43 Å². The molecule has 1 aromatic carbocycles. The Kier molecular flexibility index (Phi) is 3.44. The van der Waals surface area contributed by atoms with Crippen LogP contribution in [0.4, 0.5) is 5.82 Å². The molecule has 0 fully saturated rings. The Balaban J connectivity index is 2.03. The molecule has 3 N–H and O–H groups in total. The lowest BCUT2D eigenvalue weighted by Crippen LogP contribution is -2.09. The van der Waals surface area contributed by atoms with E-state index in [4.69, 9.17) is 5.84 Å². The molecule has 3 aromatic rings. The third-order valence-electron chi connectivity index (χ3n) is 2.67. The number of anilines is 1. The van der Waals surface area contributed by atoms with Crippen molar-refractivity contribution in [1.82, 2.24) is 19.9 Å². The van der Waals surface area contributed by atoms with Crippen LogP contribution in [0.1, 0.15) is 5.82 Å². The summed E-state index contributed by atoms with van der Waals surface area (Å²) in [6.45, 7) is 1.82. The summed E-state index contributed by atoms with van der Waals surface area (Å²) in [5.74, 6) is 6.63. The number of benzene rings is 1. The van der Waals surface area contributed by atoms with Crippen LogP contribution < -0.4 is 11.3 Å². The Hall–Kier alpha value is -2.25. The number of aryl methyl sites for hydroxylation is 1. The summed E-state index contributed by atoms with van der Waals surface area (Å²) in [5.41, 5.74) is 3.44. The van der Waals surface area contributed by atoms with Crippen molar-refractivity contribution in [3.05, 3.63) is 42.5 Å². The van der Waals surface area contributed by atoms with Crippen molar-refractivity contribution < 1.29 is 0 Å². The zero-order chi connectivity index (χ0) is 13.9. The maximum atomic E-state index is 5.40. The predicted octanol–water partition coefficient (Wildman–Crippen LogP) is 2.17. The molecule has 100 valence electrons. The number of nitrogens with two attached hydrogens (primary N) is 1. The van der Waals surface area contributed by atoms with Gasteiger partial charge in [0.1, 0.15) is 28.0 Å². The van der Waals surface area contributed by atoms with Crippen molar-refractivity contribution in [2.24, 2.45) is 5.84 Å². The van der Waals surface area contributed by atoms with Gasteiger partial charge in [0, 0.05) is 11.5 Å². The van der Waals surface area contributed by atoms with E-state index >= 15 is 0 Å². The molecule has 3 rings (SSSR count). The van der Waals surface area contributed by atoms with Gasteiger partial charge in [-0.15, -0.1) is 0 Å². The number of nitrogens with one attached hydrogen (secondary N) is 1. The van der Waals surface area contributed by atoms with Crippen LogP contribution in [-0.4, -0.2) is 19.9 Å². The van der Waals surface area contributed by atoms with Crippen molar-refractivity contribution in [2.45, 2.75) is 17.0 Å². The molecule has 0 saturated carbocycles. The molecule has 2 heterocycles. The molecule has 0 spiro atoms. The number of hydrogen-bond acceptors (Lipinski definition) is 7.